The van der Waals surface area contributed by atoms with E-state index in [2.05, 4.69) is 45.3 Å². The summed E-state index contributed by atoms with van der Waals surface area (Å²) in [6.07, 6.45) is 0.702. The van der Waals surface area contributed by atoms with Crippen LogP contribution in [0.5, 0.6) is 5.75 Å². The Morgan fingerprint density at radius 1 is 1.00 bits per heavy atom. The van der Waals surface area contributed by atoms with E-state index in [1.54, 1.807) is 23.9 Å². The second-order valence-electron chi connectivity index (χ2n) is 10.2. The maximum atomic E-state index is 13.7. The normalized spacial score (nSPS) is 12.2. The van der Waals surface area contributed by atoms with Gasteiger partial charge in [-0.15, -0.1) is 5.10 Å². The zero-order valence-electron chi connectivity index (χ0n) is 23.2. The molecule has 0 amide bonds. The molecule has 5 rings (SSSR count). The highest BCUT2D eigenvalue weighted by Crippen LogP contribution is 2.28. The Bertz CT molecular complexity index is 1660. The summed E-state index contributed by atoms with van der Waals surface area (Å²) in [5, 5.41) is 13.7. The van der Waals surface area contributed by atoms with E-state index in [4.69, 9.17) is 4.74 Å². The van der Waals surface area contributed by atoms with Crippen molar-refractivity contribution in [2.45, 2.75) is 52.9 Å². The molecule has 40 heavy (non-hydrogen) atoms. The Kier molecular flexibility index (Phi) is 8.02. The first-order valence-corrected chi connectivity index (χ1v) is 13.3. The summed E-state index contributed by atoms with van der Waals surface area (Å²) in [6, 6.07) is 20.1. The highest BCUT2D eigenvalue weighted by molar-refractivity contribution is 5.83. The van der Waals surface area contributed by atoms with E-state index in [-0.39, 0.29) is 17.4 Å². The van der Waals surface area contributed by atoms with Crippen molar-refractivity contribution in [3.05, 3.63) is 117 Å². The topological polar surface area (TPSA) is 88.9 Å². The maximum Gasteiger partial charge on any atom is 0.252 e. The van der Waals surface area contributed by atoms with Crippen LogP contribution in [0.2, 0.25) is 0 Å². The van der Waals surface area contributed by atoms with Gasteiger partial charge in [0.25, 0.3) is 5.56 Å². The van der Waals surface area contributed by atoms with Crippen LogP contribution in [0, 0.1) is 19.7 Å². The molecule has 0 aliphatic rings. The van der Waals surface area contributed by atoms with Gasteiger partial charge in [0, 0.05) is 29.6 Å². The van der Waals surface area contributed by atoms with Crippen molar-refractivity contribution in [3.63, 3.8) is 0 Å². The lowest BCUT2D eigenvalue weighted by atomic mass is 10.0. The third-order valence-corrected chi connectivity index (χ3v) is 7.24. The van der Waals surface area contributed by atoms with Crippen LogP contribution >= 0.6 is 0 Å². The molecule has 0 saturated heterocycles. The molecule has 8 nitrogen and oxygen atoms in total. The van der Waals surface area contributed by atoms with Gasteiger partial charge in [0.2, 0.25) is 0 Å². The van der Waals surface area contributed by atoms with Crippen LogP contribution in [0.25, 0.3) is 10.9 Å². The Balaban J connectivity index is 1.52. The molecule has 0 aliphatic heterocycles. The number of hydrogen-bond donors (Lipinski definition) is 1. The molecule has 2 aromatic heterocycles. The molecule has 0 spiro atoms. The minimum atomic E-state index is -0.289. The van der Waals surface area contributed by atoms with Crippen molar-refractivity contribution >= 4 is 10.9 Å². The predicted molar refractivity (Wildman–Crippen MR) is 153 cm³/mol. The van der Waals surface area contributed by atoms with E-state index in [0.29, 0.717) is 37.4 Å². The van der Waals surface area contributed by atoms with Crippen molar-refractivity contribution in [2.75, 3.05) is 7.11 Å². The summed E-state index contributed by atoms with van der Waals surface area (Å²) >= 11 is 0. The Hall–Kier alpha value is -4.37. The zero-order valence-corrected chi connectivity index (χ0v) is 23.2. The van der Waals surface area contributed by atoms with E-state index in [1.165, 1.54) is 12.1 Å². The first-order chi connectivity index (χ1) is 19.3. The van der Waals surface area contributed by atoms with E-state index in [9.17, 15) is 9.18 Å². The number of ether oxygens (including phenoxy) is 1. The molecule has 1 atom stereocenters. The molecule has 2 heterocycles. The average Bonchev–Trinajstić information content (AvgIpc) is 3.39. The van der Waals surface area contributed by atoms with Crippen LogP contribution in [-0.4, -0.2) is 37.2 Å². The molecular weight excluding hydrogens is 507 g/mol. The van der Waals surface area contributed by atoms with Crippen molar-refractivity contribution in [1.82, 2.24) is 30.1 Å². The number of nitrogens with zero attached hydrogens (tertiary/aromatic N) is 5. The van der Waals surface area contributed by atoms with E-state index < -0.39 is 0 Å². The summed E-state index contributed by atoms with van der Waals surface area (Å²) in [4.78, 5) is 18.5. The van der Waals surface area contributed by atoms with Crippen LogP contribution in [0.15, 0.2) is 71.5 Å². The summed E-state index contributed by atoms with van der Waals surface area (Å²) in [7, 11) is 1.64. The van der Waals surface area contributed by atoms with Gasteiger partial charge in [0.05, 0.1) is 19.7 Å². The van der Waals surface area contributed by atoms with Crippen LogP contribution in [0.4, 0.5) is 4.39 Å². The highest BCUT2D eigenvalue weighted by atomic mass is 19.1. The van der Waals surface area contributed by atoms with Gasteiger partial charge in [-0.3, -0.25) is 9.69 Å². The number of nitrogens with one attached hydrogen (secondary N) is 1. The second kappa shape index (κ2) is 11.8. The molecule has 9 heteroatoms. The molecule has 0 unspecified atom stereocenters. The summed E-state index contributed by atoms with van der Waals surface area (Å²) in [5.74, 6) is 1.19. The third-order valence-electron chi connectivity index (χ3n) is 7.24. The number of tetrazole rings is 1. The fraction of sp³-hybridized carbons (Fsp3) is 0.290. The van der Waals surface area contributed by atoms with Crippen molar-refractivity contribution < 1.29 is 9.13 Å². The molecular formula is C31H33FN6O2. The Morgan fingerprint density at radius 2 is 1.73 bits per heavy atom. The van der Waals surface area contributed by atoms with Crippen LogP contribution < -0.4 is 10.3 Å². The fourth-order valence-corrected chi connectivity index (χ4v) is 5.22. The SMILES string of the molecule is CC[C@H](c1nnnn1Cc1ccc(OC)cc1)N(Cc1ccc(F)cc1)Cc1cc2c(C)cc(C)cc2[nH]c1=O. The van der Waals surface area contributed by atoms with Gasteiger partial charge in [0.1, 0.15) is 11.6 Å². The number of pyridine rings is 1. The first kappa shape index (κ1) is 27.2. The molecule has 0 saturated carbocycles. The molecule has 0 radical (unpaired) electrons. The highest BCUT2D eigenvalue weighted by Gasteiger charge is 2.26. The lowest BCUT2D eigenvalue weighted by molar-refractivity contribution is 0.161. The largest absolute Gasteiger partial charge is 0.497 e. The number of H-pyrrole nitrogens is 1. The second-order valence-corrected chi connectivity index (χ2v) is 10.2. The number of methoxy groups -OCH3 is 1. The maximum absolute atomic E-state index is 13.7. The summed E-state index contributed by atoms with van der Waals surface area (Å²) in [6.45, 7) is 7.48. The summed E-state index contributed by atoms with van der Waals surface area (Å²) < 4.78 is 20.8. The van der Waals surface area contributed by atoms with E-state index in [0.717, 1.165) is 38.9 Å². The number of aryl methyl sites for hydroxylation is 2. The monoisotopic (exact) mass is 540 g/mol. The van der Waals surface area contributed by atoms with E-state index >= 15 is 0 Å². The molecule has 0 fully saturated rings. The van der Waals surface area contributed by atoms with Crippen LogP contribution in [-0.2, 0) is 19.6 Å². The Labute approximate surface area is 232 Å². The van der Waals surface area contributed by atoms with Gasteiger partial charge in [-0.25, -0.2) is 9.07 Å². The van der Waals surface area contributed by atoms with Gasteiger partial charge in [-0.2, -0.15) is 0 Å². The molecule has 1 N–H and O–H groups in total. The number of rotatable bonds is 10. The molecule has 5 aromatic rings. The van der Waals surface area contributed by atoms with Gasteiger partial charge in [-0.1, -0.05) is 37.3 Å². The Morgan fingerprint density at radius 3 is 2.42 bits per heavy atom. The summed E-state index contributed by atoms with van der Waals surface area (Å²) in [5.41, 5.74) is 5.51. The van der Waals surface area contributed by atoms with Crippen molar-refractivity contribution in [3.8, 4) is 5.75 Å². The van der Waals surface area contributed by atoms with Crippen molar-refractivity contribution in [1.29, 1.82) is 0 Å². The lowest BCUT2D eigenvalue weighted by Crippen LogP contribution is -2.32. The number of hydrogen-bond acceptors (Lipinski definition) is 6. The first-order valence-electron chi connectivity index (χ1n) is 13.3. The minimum absolute atomic E-state index is 0.130. The quantitative estimate of drug-likeness (QED) is 0.252. The molecule has 0 aliphatic carbocycles. The van der Waals surface area contributed by atoms with Crippen molar-refractivity contribution in [2.24, 2.45) is 0 Å². The van der Waals surface area contributed by atoms with Gasteiger partial charge >= 0.3 is 0 Å². The number of aromatic nitrogens is 5. The van der Waals surface area contributed by atoms with Gasteiger partial charge in [-0.05, 0) is 89.3 Å². The zero-order chi connectivity index (χ0) is 28.2. The standard InChI is InChI=1S/C31H33FN6O2/c1-5-29(30-34-35-36-38(30)18-23-8-12-26(40-4)13-9-23)37(17-22-6-10-25(32)11-7-22)19-24-16-27-21(3)14-20(2)15-28(27)33-31(24)39/h6-16,29H,5,17-19H2,1-4H3,(H,33,39)/t29-/m1/s1. The van der Waals surface area contributed by atoms with Crippen LogP contribution in [0.1, 0.15) is 53.0 Å². The minimum Gasteiger partial charge on any atom is -0.497 e. The molecule has 0 bridgehead atoms. The third kappa shape index (κ3) is 5.94. The average molecular weight is 541 g/mol. The number of halogens is 1. The fourth-order valence-electron chi connectivity index (χ4n) is 5.22. The number of aromatic amines is 1. The number of fused-ring (bicyclic) bond motifs is 1. The van der Waals surface area contributed by atoms with Gasteiger partial charge in [0.15, 0.2) is 5.82 Å². The van der Waals surface area contributed by atoms with Crippen LogP contribution in [0.3, 0.4) is 0 Å². The molecule has 206 valence electrons. The number of benzene rings is 3. The smallest absolute Gasteiger partial charge is 0.252 e. The van der Waals surface area contributed by atoms with Gasteiger partial charge < -0.3 is 9.72 Å². The predicted octanol–water partition coefficient (Wildman–Crippen LogP) is 5.48. The lowest BCUT2D eigenvalue weighted by Gasteiger charge is -2.30. The van der Waals surface area contributed by atoms with E-state index in [1.807, 2.05) is 43.3 Å². The molecule has 3 aromatic carbocycles.